The molecule has 0 atom stereocenters. The van der Waals surface area contributed by atoms with Crippen LogP contribution in [0.3, 0.4) is 0 Å². The van der Waals surface area contributed by atoms with Crippen molar-refractivity contribution in [2.75, 3.05) is 5.73 Å². The number of nitrogen functional groups attached to an aromatic ring is 1. The van der Waals surface area contributed by atoms with Crippen molar-refractivity contribution >= 4 is 32.9 Å². The zero-order valence-corrected chi connectivity index (χ0v) is 12.4. The summed E-state index contributed by atoms with van der Waals surface area (Å²) >= 11 is 3.52. The molecule has 0 radical (unpaired) electrons. The monoisotopic (exact) mass is 315 g/mol. The molecule has 0 aliphatic heterocycles. The van der Waals surface area contributed by atoms with Crippen molar-refractivity contribution in [3.63, 3.8) is 0 Å². The molecule has 4 heteroatoms. The quantitative estimate of drug-likeness (QED) is 0.738. The lowest BCUT2D eigenvalue weighted by Crippen LogP contribution is -2.00. The SMILES string of the molecule is Cc1cc(Br)cc(-n2c(N)nc3cc(C)ccc32)c1. The van der Waals surface area contributed by atoms with Crippen LogP contribution in [0.25, 0.3) is 16.7 Å². The summed E-state index contributed by atoms with van der Waals surface area (Å²) < 4.78 is 3.02. The number of rotatable bonds is 1. The van der Waals surface area contributed by atoms with E-state index < -0.39 is 0 Å². The molecule has 96 valence electrons. The van der Waals surface area contributed by atoms with Gasteiger partial charge in [0.25, 0.3) is 0 Å². The lowest BCUT2D eigenvalue weighted by molar-refractivity contribution is 1.10. The highest BCUT2D eigenvalue weighted by Crippen LogP contribution is 2.26. The Morgan fingerprint density at radius 2 is 1.84 bits per heavy atom. The lowest BCUT2D eigenvalue weighted by atomic mass is 10.2. The molecule has 3 aromatic rings. The first-order chi connectivity index (χ1) is 9.04. The summed E-state index contributed by atoms with van der Waals surface area (Å²) in [4.78, 5) is 4.44. The van der Waals surface area contributed by atoms with Gasteiger partial charge in [-0.15, -0.1) is 0 Å². The number of benzene rings is 2. The van der Waals surface area contributed by atoms with E-state index in [9.17, 15) is 0 Å². The molecule has 0 fully saturated rings. The van der Waals surface area contributed by atoms with Gasteiger partial charge in [-0.3, -0.25) is 4.57 Å². The summed E-state index contributed by atoms with van der Waals surface area (Å²) in [5.41, 5.74) is 11.4. The molecule has 2 aromatic carbocycles. The Bertz CT molecular complexity index is 754. The van der Waals surface area contributed by atoms with Gasteiger partial charge >= 0.3 is 0 Å². The molecule has 0 aliphatic rings. The van der Waals surface area contributed by atoms with Gasteiger partial charge in [0.2, 0.25) is 5.95 Å². The van der Waals surface area contributed by atoms with E-state index in [4.69, 9.17) is 5.73 Å². The molecule has 0 amide bonds. The first-order valence-corrected chi connectivity index (χ1v) is 6.86. The van der Waals surface area contributed by atoms with Crippen LogP contribution >= 0.6 is 15.9 Å². The summed E-state index contributed by atoms with van der Waals surface area (Å²) in [5, 5.41) is 0. The number of anilines is 1. The lowest BCUT2D eigenvalue weighted by Gasteiger charge is -2.08. The minimum atomic E-state index is 0.512. The van der Waals surface area contributed by atoms with Crippen LogP contribution in [0.4, 0.5) is 5.95 Å². The molecular weight excluding hydrogens is 302 g/mol. The van der Waals surface area contributed by atoms with Gasteiger partial charge < -0.3 is 5.73 Å². The second-order valence-electron chi connectivity index (χ2n) is 4.78. The topological polar surface area (TPSA) is 43.8 Å². The number of nitrogens with zero attached hydrogens (tertiary/aromatic N) is 2. The van der Waals surface area contributed by atoms with Crippen LogP contribution in [-0.4, -0.2) is 9.55 Å². The number of imidazole rings is 1. The predicted molar refractivity (Wildman–Crippen MR) is 82.7 cm³/mol. The summed E-state index contributed by atoms with van der Waals surface area (Å²) in [6.45, 7) is 4.12. The Morgan fingerprint density at radius 3 is 2.58 bits per heavy atom. The fraction of sp³-hybridized carbons (Fsp3) is 0.133. The highest BCUT2D eigenvalue weighted by Gasteiger charge is 2.10. The van der Waals surface area contributed by atoms with E-state index in [1.54, 1.807) is 0 Å². The van der Waals surface area contributed by atoms with Crippen molar-refractivity contribution < 1.29 is 0 Å². The van der Waals surface area contributed by atoms with Gasteiger partial charge in [-0.25, -0.2) is 4.98 Å². The molecule has 1 aromatic heterocycles. The van der Waals surface area contributed by atoms with Crippen LogP contribution in [0.1, 0.15) is 11.1 Å². The number of aryl methyl sites for hydroxylation is 2. The molecule has 0 bridgehead atoms. The van der Waals surface area contributed by atoms with Gasteiger partial charge in [-0.1, -0.05) is 22.0 Å². The zero-order valence-electron chi connectivity index (χ0n) is 10.8. The maximum absolute atomic E-state index is 6.07. The number of fused-ring (bicyclic) bond motifs is 1. The molecule has 3 rings (SSSR count). The van der Waals surface area contributed by atoms with Crippen molar-refractivity contribution in [1.82, 2.24) is 9.55 Å². The maximum atomic E-state index is 6.07. The average molecular weight is 316 g/mol. The Labute approximate surface area is 120 Å². The largest absolute Gasteiger partial charge is 0.369 e. The number of nitrogens with two attached hydrogens (primary N) is 1. The van der Waals surface area contributed by atoms with Gasteiger partial charge in [0.1, 0.15) is 0 Å². The fourth-order valence-corrected chi connectivity index (χ4v) is 2.92. The van der Waals surface area contributed by atoms with Gasteiger partial charge in [0, 0.05) is 4.47 Å². The highest BCUT2D eigenvalue weighted by atomic mass is 79.9. The summed E-state index contributed by atoms with van der Waals surface area (Å²) in [6.07, 6.45) is 0. The molecule has 0 saturated carbocycles. The number of halogens is 1. The van der Waals surface area contributed by atoms with Crippen LogP contribution in [0.5, 0.6) is 0 Å². The number of hydrogen-bond donors (Lipinski definition) is 1. The third-order valence-electron chi connectivity index (χ3n) is 3.12. The average Bonchev–Trinajstić information content (AvgIpc) is 2.62. The fourth-order valence-electron chi connectivity index (χ4n) is 2.33. The van der Waals surface area contributed by atoms with Gasteiger partial charge in [0.05, 0.1) is 16.7 Å². The van der Waals surface area contributed by atoms with Gasteiger partial charge in [0.15, 0.2) is 0 Å². The van der Waals surface area contributed by atoms with Gasteiger partial charge in [-0.2, -0.15) is 0 Å². The molecule has 0 unspecified atom stereocenters. The molecule has 0 spiro atoms. The van der Waals surface area contributed by atoms with Crippen LogP contribution in [0.15, 0.2) is 40.9 Å². The second kappa shape index (κ2) is 4.38. The van der Waals surface area contributed by atoms with Gasteiger partial charge in [-0.05, 0) is 55.3 Å². The molecular formula is C15H14BrN3. The first kappa shape index (κ1) is 12.2. The van der Waals surface area contributed by atoms with Crippen molar-refractivity contribution in [3.8, 4) is 5.69 Å². The van der Waals surface area contributed by atoms with E-state index in [0.717, 1.165) is 21.2 Å². The Morgan fingerprint density at radius 1 is 1.05 bits per heavy atom. The number of aromatic nitrogens is 2. The summed E-state index contributed by atoms with van der Waals surface area (Å²) in [6, 6.07) is 12.4. The predicted octanol–water partition coefficient (Wildman–Crippen LogP) is 3.99. The third kappa shape index (κ3) is 2.12. The molecule has 2 N–H and O–H groups in total. The van der Waals surface area contributed by atoms with Crippen molar-refractivity contribution in [2.45, 2.75) is 13.8 Å². The molecule has 1 heterocycles. The van der Waals surface area contributed by atoms with E-state index in [2.05, 4.69) is 59.0 Å². The Kier molecular flexibility index (Phi) is 2.82. The minimum absolute atomic E-state index is 0.512. The maximum Gasteiger partial charge on any atom is 0.205 e. The van der Waals surface area contributed by atoms with E-state index in [-0.39, 0.29) is 0 Å². The molecule has 19 heavy (non-hydrogen) atoms. The molecule has 3 nitrogen and oxygen atoms in total. The summed E-state index contributed by atoms with van der Waals surface area (Å²) in [5.74, 6) is 0.512. The number of hydrogen-bond acceptors (Lipinski definition) is 2. The van der Waals surface area contributed by atoms with Crippen LogP contribution in [0, 0.1) is 13.8 Å². The Balaban J connectivity index is 2.32. The van der Waals surface area contributed by atoms with E-state index in [0.29, 0.717) is 5.95 Å². The second-order valence-corrected chi connectivity index (χ2v) is 5.70. The smallest absolute Gasteiger partial charge is 0.205 e. The molecule has 0 aliphatic carbocycles. The van der Waals surface area contributed by atoms with Crippen molar-refractivity contribution in [2.24, 2.45) is 0 Å². The summed E-state index contributed by atoms with van der Waals surface area (Å²) in [7, 11) is 0. The van der Waals surface area contributed by atoms with E-state index in [1.165, 1.54) is 11.1 Å². The first-order valence-electron chi connectivity index (χ1n) is 6.07. The zero-order chi connectivity index (χ0) is 13.6. The standard InChI is InChI=1S/C15H14BrN3/c1-9-3-4-14-13(7-9)18-15(17)19(14)12-6-10(2)5-11(16)8-12/h3-8H,1-2H3,(H2,17,18). The van der Waals surface area contributed by atoms with Crippen LogP contribution < -0.4 is 5.73 Å². The van der Waals surface area contributed by atoms with Crippen molar-refractivity contribution in [1.29, 1.82) is 0 Å². The van der Waals surface area contributed by atoms with E-state index in [1.807, 2.05) is 16.7 Å². The van der Waals surface area contributed by atoms with E-state index >= 15 is 0 Å². The van der Waals surface area contributed by atoms with Crippen molar-refractivity contribution in [3.05, 3.63) is 52.0 Å². The van der Waals surface area contributed by atoms with Crippen LogP contribution in [-0.2, 0) is 0 Å². The third-order valence-corrected chi connectivity index (χ3v) is 3.58. The van der Waals surface area contributed by atoms with Crippen LogP contribution in [0.2, 0.25) is 0 Å². The minimum Gasteiger partial charge on any atom is -0.369 e. The Hall–Kier alpha value is -1.81. The normalized spacial score (nSPS) is 11.1. The highest BCUT2D eigenvalue weighted by molar-refractivity contribution is 9.10. The molecule has 0 saturated heterocycles.